The molecule has 0 aliphatic carbocycles. The number of anilines is 1. The van der Waals surface area contributed by atoms with Crippen molar-refractivity contribution in [1.29, 1.82) is 0 Å². The minimum Gasteiger partial charge on any atom is -0.444 e. The second kappa shape index (κ2) is 8.43. The Morgan fingerprint density at radius 2 is 2.00 bits per heavy atom. The smallest absolute Gasteiger partial charge is 0.407 e. The molecule has 1 heterocycles. The van der Waals surface area contributed by atoms with Crippen LogP contribution in [0.3, 0.4) is 0 Å². The monoisotopic (exact) mass is 367 g/mol. The van der Waals surface area contributed by atoms with Crippen molar-refractivity contribution in [2.45, 2.75) is 51.7 Å². The number of halogens is 1. The number of para-hydroxylation sites is 1. The lowest BCUT2D eigenvalue weighted by Gasteiger charge is -2.36. The van der Waals surface area contributed by atoms with Crippen molar-refractivity contribution in [3.8, 4) is 0 Å². The molecule has 1 aliphatic rings. The van der Waals surface area contributed by atoms with Crippen LogP contribution < -0.4 is 10.6 Å². The van der Waals surface area contributed by atoms with E-state index in [9.17, 15) is 9.59 Å². The first-order chi connectivity index (χ1) is 11.8. The van der Waals surface area contributed by atoms with Crippen molar-refractivity contribution in [2.24, 2.45) is 0 Å². The molecule has 3 amide bonds. The third-order valence-corrected chi connectivity index (χ3v) is 4.21. The first-order valence-electron chi connectivity index (χ1n) is 8.55. The average molecular weight is 368 g/mol. The summed E-state index contributed by atoms with van der Waals surface area (Å²) in [6, 6.07) is 6.85. The van der Waals surface area contributed by atoms with Crippen LogP contribution in [0.15, 0.2) is 24.3 Å². The lowest BCUT2D eigenvalue weighted by Crippen LogP contribution is -2.51. The highest BCUT2D eigenvalue weighted by Crippen LogP contribution is 2.23. The van der Waals surface area contributed by atoms with E-state index in [1.54, 1.807) is 17.0 Å². The maximum Gasteiger partial charge on any atom is 0.407 e. The van der Waals surface area contributed by atoms with Gasteiger partial charge >= 0.3 is 12.1 Å². The Balaban J connectivity index is 1.94. The zero-order chi connectivity index (χ0) is 18.4. The molecule has 1 aromatic rings. The summed E-state index contributed by atoms with van der Waals surface area (Å²) in [4.78, 5) is 26.2. The molecular weight excluding hydrogens is 342 g/mol. The largest absolute Gasteiger partial charge is 0.444 e. The number of alkyl carbamates (subject to hydrolysis) is 1. The minimum atomic E-state index is -0.544. The molecule has 1 atom stereocenters. The van der Waals surface area contributed by atoms with Gasteiger partial charge in [-0.15, -0.1) is 0 Å². The normalized spacial score (nSPS) is 17.8. The van der Waals surface area contributed by atoms with Gasteiger partial charge in [-0.25, -0.2) is 9.59 Å². The lowest BCUT2D eigenvalue weighted by atomic mass is 10.0. The molecular formula is C18H26ClN3O3. The Kier molecular flexibility index (Phi) is 6.53. The highest BCUT2D eigenvalue weighted by molar-refractivity contribution is 6.33. The van der Waals surface area contributed by atoms with E-state index < -0.39 is 11.7 Å². The molecule has 0 unspecified atom stereocenters. The first kappa shape index (κ1) is 19.4. The summed E-state index contributed by atoms with van der Waals surface area (Å²) in [5, 5.41) is 6.10. The first-order valence-corrected chi connectivity index (χ1v) is 8.93. The molecule has 6 nitrogen and oxygen atoms in total. The lowest BCUT2D eigenvalue weighted by molar-refractivity contribution is 0.0505. The van der Waals surface area contributed by atoms with E-state index in [1.165, 1.54) is 0 Å². The Bertz CT molecular complexity index is 616. The van der Waals surface area contributed by atoms with Crippen molar-refractivity contribution in [3.63, 3.8) is 0 Å². The highest BCUT2D eigenvalue weighted by atomic mass is 35.5. The molecule has 0 aromatic heterocycles. The number of ether oxygens (including phenoxy) is 1. The molecule has 2 N–H and O–H groups in total. The predicted octanol–water partition coefficient (Wildman–Crippen LogP) is 4.25. The molecule has 1 fully saturated rings. The molecule has 0 radical (unpaired) electrons. The summed E-state index contributed by atoms with van der Waals surface area (Å²) >= 11 is 6.10. The van der Waals surface area contributed by atoms with Crippen LogP contribution in [0.4, 0.5) is 15.3 Å². The Labute approximate surface area is 153 Å². The van der Waals surface area contributed by atoms with Gasteiger partial charge in [-0.05, 0) is 52.2 Å². The zero-order valence-electron chi connectivity index (χ0n) is 15.0. The van der Waals surface area contributed by atoms with Gasteiger partial charge in [0.25, 0.3) is 0 Å². The van der Waals surface area contributed by atoms with Crippen molar-refractivity contribution in [3.05, 3.63) is 29.3 Å². The van der Waals surface area contributed by atoms with Crippen molar-refractivity contribution >= 4 is 29.4 Å². The third-order valence-electron chi connectivity index (χ3n) is 3.88. The topological polar surface area (TPSA) is 70.7 Å². The maximum atomic E-state index is 12.6. The predicted molar refractivity (Wildman–Crippen MR) is 99.1 cm³/mol. The summed E-state index contributed by atoms with van der Waals surface area (Å²) in [6.45, 7) is 6.46. The standard InChI is InChI=1S/C18H26ClN3O3/c1-18(2,3)25-17(24)20-12-13-8-6-7-11-22(13)16(23)21-15-10-5-4-9-14(15)19/h4-5,9-10,13H,6-8,11-12H2,1-3H3,(H,20,24)(H,21,23)/t13-/m1/s1. The number of nitrogens with zero attached hydrogens (tertiary/aromatic N) is 1. The number of piperidine rings is 1. The molecule has 25 heavy (non-hydrogen) atoms. The molecule has 0 saturated carbocycles. The fourth-order valence-corrected chi connectivity index (χ4v) is 2.93. The number of benzene rings is 1. The minimum absolute atomic E-state index is 0.0660. The maximum absolute atomic E-state index is 12.6. The van der Waals surface area contributed by atoms with Crippen LogP contribution >= 0.6 is 11.6 Å². The molecule has 138 valence electrons. The number of urea groups is 1. The molecule has 2 rings (SSSR count). The van der Waals surface area contributed by atoms with Crippen molar-refractivity contribution < 1.29 is 14.3 Å². The summed E-state index contributed by atoms with van der Waals surface area (Å²) in [5.74, 6) is 0. The summed E-state index contributed by atoms with van der Waals surface area (Å²) < 4.78 is 5.25. The van der Waals surface area contributed by atoms with Crippen LogP contribution in [0.1, 0.15) is 40.0 Å². The average Bonchev–Trinajstić information content (AvgIpc) is 2.54. The Morgan fingerprint density at radius 1 is 1.28 bits per heavy atom. The Morgan fingerprint density at radius 3 is 2.68 bits per heavy atom. The van der Waals surface area contributed by atoms with Gasteiger partial charge < -0.3 is 20.3 Å². The second-order valence-electron chi connectivity index (χ2n) is 7.14. The molecule has 0 bridgehead atoms. The van der Waals surface area contributed by atoms with Gasteiger partial charge in [0, 0.05) is 13.1 Å². The summed E-state index contributed by atoms with van der Waals surface area (Å²) in [6.07, 6.45) is 2.34. The molecule has 1 aromatic carbocycles. The van der Waals surface area contributed by atoms with E-state index in [4.69, 9.17) is 16.3 Å². The van der Waals surface area contributed by atoms with E-state index in [0.29, 0.717) is 23.8 Å². The second-order valence-corrected chi connectivity index (χ2v) is 7.54. The van der Waals surface area contributed by atoms with Gasteiger partial charge in [0.05, 0.1) is 16.8 Å². The molecule has 1 saturated heterocycles. The van der Waals surface area contributed by atoms with Gasteiger partial charge in [-0.2, -0.15) is 0 Å². The number of amides is 3. The number of hydrogen-bond donors (Lipinski definition) is 2. The van der Waals surface area contributed by atoms with Crippen LogP contribution in [-0.2, 0) is 4.74 Å². The summed E-state index contributed by atoms with van der Waals surface area (Å²) in [7, 11) is 0. The fourth-order valence-electron chi connectivity index (χ4n) is 2.75. The number of carbonyl (C=O) groups is 2. The number of nitrogens with one attached hydrogen (secondary N) is 2. The van der Waals surface area contributed by atoms with Crippen LogP contribution in [0, 0.1) is 0 Å². The van der Waals surface area contributed by atoms with Crippen LogP contribution in [-0.4, -0.2) is 41.8 Å². The van der Waals surface area contributed by atoms with Gasteiger partial charge in [-0.1, -0.05) is 23.7 Å². The van der Waals surface area contributed by atoms with Gasteiger partial charge in [-0.3, -0.25) is 0 Å². The number of carbonyl (C=O) groups excluding carboxylic acids is 2. The van der Waals surface area contributed by atoms with Crippen molar-refractivity contribution in [2.75, 3.05) is 18.4 Å². The van der Waals surface area contributed by atoms with E-state index >= 15 is 0 Å². The number of likely N-dealkylation sites (tertiary alicyclic amines) is 1. The molecule has 0 spiro atoms. The van der Waals surface area contributed by atoms with Crippen LogP contribution in [0.2, 0.25) is 5.02 Å². The van der Waals surface area contributed by atoms with Crippen molar-refractivity contribution in [1.82, 2.24) is 10.2 Å². The van der Waals surface area contributed by atoms with E-state index in [1.807, 2.05) is 32.9 Å². The quantitative estimate of drug-likeness (QED) is 0.838. The van der Waals surface area contributed by atoms with Gasteiger partial charge in [0.15, 0.2) is 0 Å². The van der Waals surface area contributed by atoms with Gasteiger partial charge in [0.2, 0.25) is 0 Å². The van der Waals surface area contributed by atoms with E-state index in [-0.39, 0.29) is 12.1 Å². The van der Waals surface area contributed by atoms with Gasteiger partial charge in [0.1, 0.15) is 5.60 Å². The Hall–Kier alpha value is -1.95. The zero-order valence-corrected chi connectivity index (χ0v) is 15.7. The summed E-state index contributed by atoms with van der Waals surface area (Å²) in [5.41, 5.74) is 0.0381. The van der Waals surface area contributed by atoms with Crippen LogP contribution in [0.5, 0.6) is 0 Å². The van der Waals surface area contributed by atoms with E-state index in [2.05, 4.69) is 10.6 Å². The number of hydrogen-bond acceptors (Lipinski definition) is 3. The third kappa shape index (κ3) is 6.12. The molecule has 7 heteroatoms. The highest BCUT2D eigenvalue weighted by Gasteiger charge is 2.28. The SMILES string of the molecule is CC(C)(C)OC(=O)NC[C@H]1CCCCN1C(=O)Nc1ccccc1Cl. The molecule has 1 aliphatic heterocycles. The number of rotatable bonds is 3. The van der Waals surface area contributed by atoms with E-state index in [0.717, 1.165) is 19.3 Å². The fraction of sp³-hybridized carbons (Fsp3) is 0.556. The van der Waals surface area contributed by atoms with Crippen LogP contribution in [0.25, 0.3) is 0 Å².